The molecular weight excluding hydrogens is 148 g/mol. The summed E-state index contributed by atoms with van der Waals surface area (Å²) in [7, 11) is 0. The molecule has 2 aliphatic rings. The maximum absolute atomic E-state index is 3.63. The minimum atomic E-state index is 0.420. The molecule has 2 heteroatoms. The molecule has 1 aliphatic carbocycles. The van der Waals surface area contributed by atoms with Crippen LogP contribution in [0, 0.1) is 5.41 Å². The van der Waals surface area contributed by atoms with Crippen molar-refractivity contribution >= 4 is 0 Å². The van der Waals surface area contributed by atoms with Gasteiger partial charge in [-0.25, -0.2) is 5.01 Å². The van der Waals surface area contributed by atoms with E-state index in [4.69, 9.17) is 0 Å². The number of rotatable bonds is 1. The molecular formula is C10H20N2. The third-order valence-corrected chi connectivity index (χ3v) is 3.01. The number of hydrazine groups is 1. The van der Waals surface area contributed by atoms with Crippen LogP contribution in [0.1, 0.15) is 40.0 Å². The van der Waals surface area contributed by atoms with E-state index < -0.39 is 0 Å². The molecule has 1 aliphatic heterocycles. The van der Waals surface area contributed by atoms with E-state index in [2.05, 4.69) is 31.2 Å². The Hall–Kier alpha value is -0.0800. The number of hydrogen-bond acceptors (Lipinski definition) is 2. The van der Waals surface area contributed by atoms with Crippen LogP contribution in [0.2, 0.25) is 0 Å². The van der Waals surface area contributed by atoms with Crippen LogP contribution in [0.3, 0.4) is 0 Å². The molecule has 2 rings (SSSR count). The zero-order valence-corrected chi connectivity index (χ0v) is 8.43. The monoisotopic (exact) mass is 168 g/mol. The van der Waals surface area contributed by atoms with Crippen molar-refractivity contribution in [2.75, 3.05) is 6.54 Å². The first-order valence-corrected chi connectivity index (χ1v) is 5.10. The van der Waals surface area contributed by atoms with Gasteiger partial charge in [-0.05, 0) is 24.7 Å². The second-order valence-electron chi connectivity index (χ2n) is 5.26. The average Bonchev–Trinajstić information content (AvgIpc) is 2.66. The van der Waals surface area contributed by atoms with Gasteiger partial charge in [-0.1, -0.05) is 20.8 Å². The first-order valence-electron chi connectivity index (χ1n) is 5.10. The molecule has 2 fully saturated rings. The Morgan fingerprint density at radius 2 is 1.83 bits per heavy atom. The lowest BCUT2D eigenvalue weighted by Gasteiger charge is -2.28. The Kier molecular flexibility index (Phi) is 1.92. The second kappa shape index (κ2) is 2.71. The van der Waals surface area contributed by atoms with E-state index >= 15 is 0 Å². The summed E-state index contributed by atoms with van der Waals surface area (Å²) in [5, 5.41) is 2.45. The highest BCUT2D eigenvalue weighted by Crippen LogP contribution is 2.32. The highest BCUT2D eigenvalue weighted by molar-refractivity contribution is 4.91. The third kappa shape index (κ3) is 1.64. The molecule has 0 bridgehead atoms. The predicted molar refractivity (Wildman–Crippen MR) is 50.7 cm³/mol. The van der Waals surface area contributed by atoms with Gasteiger partial charge in [0.1, 0.15) is 0 Å². The van der Waals surface area contributed by atoms with Gasteiger partial charge in [0, 0.05) is 18.6 Å². The van der Waals surface area contributed by atoms with Gasteiger partial charge in [-0.2, -0.15) is 0 Å². The Morgan fingerprint density at radius 3 is 2.25 bits per heavy atom. The first-order chi connectivity index (χ1) is 5.57. The van der Waals surface area contributed by atoms with Crippen molar-refractivity contribution in [1.29, 1.82) is 0 Å². The highest BCUT2D eigenvalue weighted by atomic mass is 15.6. The van der Waals surface area contributed by atoms with Crippen LogP contribution >= 0.6 is 0 Å². The predicted octanol–water partition coefficient (Wildman–Crippen LogP) is 1.77. The van der Waals surface area contributed by atoms with Gasteiger partial charge < -0.3 is 0 Å². The Balaban J connectivity index is 1.88. The van der Waals surface area contributed by atoms with E-state index in [0.717, 1.165) is 6.04 Å². The maximum Gasteiger partial charge on any atom is 0.0276 e. The molecule has 0 aromatic carbocycles. The van der Waals surface area contributed by atoms with E-state index in [1.807, 2.05) is 0 Å². The van der Waals surface area contributed by atoms with Crippen LogP contribution in [0.4, 0.5) is 0 Å². The summed E-state index contributed by atoms with van der Waals surface area (Å²) in [6, 6.07) is 1.57. The minimum absolute atomic E-state index is 0.420. The van der Waals surface area contributed by atoms with Crippen LogP contribution in [-0.2, 0) is 0 Å². The van der Waals surface area contributed by atoms with Gasteiger partial charge in [-0.15, -0.1) is 0 Å². The lowest BCUT2D eigenvalue weighted by atomic mass is 9.86. The number of nitrogens with zero attached hydrogens (tertiary/aromatic N) is 1. The number of nitrogens with one attached hydrogen (secondary N) is 1. The van der Waals surface area contributed by atoms with Crippen molar-refractivity contribution in [3.05, 3.63) is 0 Å². The van der Waals surface area contributed by atoms with Gasteiger partial charge in [0.25, 0.3) is 0 Å². The third-order valence-electron chi connectivity index (χ3n) is 3.01. The molecule has 1 heterocycles. The minimum Gasteiger partial charge on any atom is -0.251 e. The van der Waals surface area contributed by atoms with Crippen LogP contribution in [-0.4, -0.2) is 23.6 Å². The molecule has 0 spiro atoms. The van der Waals surface area contributed by atoms with Crippen LogP contribution in [0.15, 0.2) is 0 Å². The molecule has 2 nitrogen and oxygen atoms in total. The SMILES string of the molecule is CC(C)(C)C1CCN(C2CC2)N1. The van der Waals surface area contributed by atoms with Crippen molar-refractivity contribution in [2.24, 2.45) is 5.41 Å². The standard InChI is InChI=1S/C10H20N2/c1-10(2,3)9-6-7-12(11-9)8-4-5-8/h8-9,11H,4-7H2,1-3H3. The molecule has 1 saturated heterocycles. The summed E-state index contributed by atoms with van der Waals surface area (Å²) < 4.78 is 0. The zero-order valence-electron chi connectivity index (χ0n) is 8.43. The quantitative estimate of drug-likeness (QED) is 0.642. The summed E-state index contributed by atoms with van der Waals surface area (Å²) in [5.41, 5.74) is 4.05. The zero-order chi connectivity index (χ0) is 8.77. The van der Waals surface area contributed by atoms with E-state index in [0.29, 0.717) is 11.5 Å². The normalized spacial score (nSPS) is 32.8. The molecule has 1 N–H and O–H groups in total. The molecule has 1 saturated carbocycles. The van der Waals surface area contributed by atoms with Gasteiger partial charge in [-0.3, -0.25) is 5.43 Å². The van der Waals surface area contributed by atoms with Crippen molar-refractivity contribution in [1.82, 2.24) is 10.4 Å². The maximum atomic E-state index is 3.63. The fourth-order valence-corrected chi connectivity index (χ4v) is 1.90. The van der Waals surface area contributed by atoms with Crippen molar-refractivity contribution in [3.63, 3.8) is 0 Å². The van der Waals surface area contributed by atoms with Gasteiger partial charge in [0.2, 0.25) is 0 Å². The van der Waals surface area contributed by atoms with Gasteiger partial charge in [0.05, 0.1) is 0 Å². The van der Waals surface area contributed by atoms with E-state index in [-0.39, 0.29) is 0 Å². The fourth-order valence-electron chi connectivity index (χ4n) is 1.90. The molecule has 1 atom stereocenters. The average molecular weight is 168 g/mol. The van der Waals surface area contributed by atoms with Crippen molar-refractivity contribution < 1.29 is 0 Å². The second-order valence-corrected chi connectivity index (χ2v) is 5.26. The Labute approximate surface area is 75.3 Å². The fraction of sp³-hybridized carbons (Fsp3) is 1.00. The topological polar surface area (TPSA) is 15.3 Å². The molecule has 0 aromatic rings. The molecule has 0 aromatic heterocycles. The van der Waals surface area contributed by atoms with Gasteiger partial charge >= 0.3 is 0 Å². The smallest absolute Gasteiger partial charge is 0.0276 e. The highest BCUT2D eigenvalue weighted by Gasteiger charge is 2.37. The summed E-state index contributed by atoms with van der Waals surface area (Å²) in [6.45, 7) is 8.22. The van der Waals surface area contributed by atoms with Crippen molar-refractivity contribution in [2.45, 2.75) is 52.1 Å². The van der Waals surface area contributed by atoms with Crippen LogP contribution in [0.25, 0.3) is 0 Å². The molecule has 1 unspecified atom stereocenters. The van der Waals surface area contributed by atoms with Gasteiger partial charge in [0.15, 0.2) is 0 Å². The van der Waals surface area contributed by atoms with E-state index in [9.17, 15) is 0 Å². The van der Waals surface area contributed by atoms with Crippen molar-refractivity contribution in [3.8, 4) is 0 Å². The summed E-state index contributed by atoms with van der Waals surface area (Å²) in [4.78, 5) is 0. The summed E-state index contributed by atoms with van der Waals surface area (Å²) in [6.07, 6.45) is 4.13. The number of hydrogen-bond donors (Lipinski definition) is 1. The Bertz CT molecular complexity index is 167. The lowest BCUT2D eigenvalue weighted by Crippen LogP contribution is -2.42. The lowest BCUT2D eigenvalue weighted by molar-refractivity contribution is 0.179. The summed E-state index contributed by atoms with van der Waals surface area (Å²) >= 11 is 0. The summed E-state index contributed by atoms with van der Waals surface area (Å²) in [5.74, 6) is 0. The van der Waals surface area contributed by atoms with Crippen LogP contribution in [0.5, 0.6) is 0 Å². The van der Waals surface area contributed by atoms with E-state index in [1.54, 1.807) is 0 Å². The molecule has 12 heavy (non-hydrogen) atoms. The molecule has 0 amide bonds. The molecule has 70 valence electrons. The first kappa shape index (κ1) is 8.52. The largest absolute Gasteiger partial charge is 0.251 e. The molecule has 0 radical (unpaired) electrons. The Morgan fingerprint density at radius 1 is 1.17 bits per heavy atom. The van der Waals surface area contributed by atoms with Crippen LogP contribution < -0.4 is 5.43 Å². The van der Waals surface area contributed by atoms with E-state index in [1.165, 1.54) is 25.8 Å².